The van der Waals surface area contributed by atoms with Gasteiger partial charge in [-0.3, -0.25) is 14.5 Å². The maximum absolute atomic E-state index is 13.2. The molecule has 1 unspecified atom stereocenters. The van der Waals surface area contributed by atoms with Gasteiger partial charge in [0, 0.05) is 49.7 Å². The van der Waals surface area contributed by atoms with E-state index in [1.165, 1.54) is 44.8 Å². The highest BCUT2D eigenvalue weighted by Crippen LogP contribution is 2.41. The number of ether oxygens (including phenoxy) is 2. The Labute approximate surface area is 226 Å². The molecule has 3 saturated heterocycles. The summed E-state index contributed by atoms with van der Waals surface area (Å²) in [5.74, 6) is -1.69. The molecule has 1 aromatic carbocycles. The van der Waals surface area contributed by atoms with E-state index in [-0.39, 0.29) is 34.9 Å². The van der Waals surface area contributed by atoms with E-state index in [0.717, 1.165) is 24.5 Å². The zero-order chi connectivity index (χ0) is 26.7. The molecule has 4 heterocycles. The number of morpholine rings is 2. The van der Waals surface area contributed by atoms with Crippen molar-refractivity contribution in [2.24, 2.45) is 0 Å². The predicted molar refractivity (Wildman–Crippen MR) is 141 cm³/mol. The molecule has 1 aromatic heterocycles. The lowest BCUT2D eigenvalue weighted by Gasteiger charge is -2.28. The van der Waals surface area contributed by atoms with Crippen LogP contribution in [0.4, 0.5) is 0 Å². The van der Waals surface area contributed by atoms with Crippen LogP contribution in [0.5, 0.6) is 0 Å². The van der Waals surface area contributed by atoms with Crippen molar-refractivity contribution in [3.05, 3.63) is 57.8 Å². The molecule has 1 amide bonds. The third kappa shape index (κ3) is 5.42. The summed E-state index contributed by atoms with van der Waals surface area (Å²) in [7, 11) is -3.70. The molecule has 0 spiro atoms. The molecule has 204 valence electrons. The number of likely N-dealkylation sites (tertiary alicyclic amines) is 1. The first kappa shape index (κ1) is 27.0. The summed E-state index contributed by atoms with van der Waals surface area (Å²) in [4.78, 5) is 31.0. The van der Waals surface area contributed by atoms with E-state index in [9.17, 15) is 23.1 Å². The van der Waals surface area contributed by atoms with E-state index in [0.29, 0.717) is 39.4 Å². The Bertz CT molecular complexity index is 1280. The third-order valence-corrected chi connectivity index (χ3v) is 9.90. The highest BCUT2D eigenvalue weighted by atomic mass is 32.2. The van der Waals surface area contributed by atoms with Crippen LogP contribution >= 0.6 is 11.3 Å². The number of sulfonamides is 1. The van der Waals surface area contributed by atoms with Gasteiger partial charge in [0.1, 0.15) is 5.76 Å². The fourth-order valence-corrected chi connectivity index (χ4v) is 7.27. The smallest absolute Gasteiger partial charge is 0.295 e. The molecule has 0 radical (unpaired) electrons. The van der Waals surface area contributed by atoms with Crippen LogP contribution in [0.15, 0.2) is 52.2 Å². The molecule has 2 aromatic rings. The SMILES string of the molecule is O=C1C(=O)N(CCCN2CCOCC2)C(c2cccs2)/C1=C(/O)c1ccc(S(=O)(=O)N2CCOCC2)cc1. The Morgan fingerprint density at radius 2 is 1.61 bits per heavy atom. The Kier molecular flexibility index (Phi) is 8.26. The van der Waals surface area contributed by atoms with Crippen molar-refractivity contribution in [1.29, 1.82) is 0 Å². The van der Waals surface area contributed by atoms with E-state index >= 15 is 0 Å². The molecule has 12 heteroatoms. The van der Waals surface area contributed by atoms with Crippen LogP contribution in [0.1, 0.15) is 22.9 Å². The van der Waals surface area contributed by atoms with Gasteiger partial charge < -0.3 is 19.5 Å². The van der Waals surface area contributed by atoms with Crippen molar-refractivity contribution in [2.45, 2.75) is 17.4 Å². The monoisotopic (exact) mass is 561 g/mol. The molecule has 10 nitrogen and oxygen atoms in total. The lowest BCUT2D eigenvalue weighted by Crippen LogP contribution is -2.40. The van der Waals surface area contributed by atoms with Gasteiger partial charge in [0.05, 0.1) is 42.9 Å². The molecule has 38 heavy (non-hydrogen) atoms. The van der Waals surface area contributed by atoms with Gasteiger partial charge in [-0.05, 0) is 42.1 Å². The number of thiophene rings is 1. The molecule has 1 atom stereocenters. The second kappa shape index (κ2) is 11.6. The number of hydrogen-bond acceptors (Lipinski definition) is 9. The standard InChI is InChI=1S/C26H31N3O7S2/c30-24(19-4-6-20(7-5-19)38(33,34)28-12-16-36-17-13-28)22-23(21-3-1-18-37-21)29(26(32)25(22)31)9-2-8-27-10-14-35-15-11-27/h1,3-7,18,23,30H,2,8-17H2/b24-22-. The van der Waals surface area contributed by atoms with Gasteiger partial charge in [-0.25, -0.2) is 8.42 Å². The summed E-state index contributed by atoms with van der Waals surface area (Å²) in [6, 6.07) is 8.77. The Hall–Kier alpha value is -2.61. The first-order chi connectivity index (χ1) is 18.4. The van der Waals surface area contributed by atoms with Crippen molar-refractivity contribution in [2.75, 3.05) is 65.7 Å². The van der Waals surface area contributed by atoms with Gasteiger partial charge in [0.15, 0.2) is 0 Å². The lowest BCUT2D eigenvalue weighted by atomic mass is 10.00. The van der Waals surface area contributed by atoms with Crippen molar-refractivity contribution < 1.29 is 32.6 Å². The molecule has 3 aliphatic heterocycles. The number of hydrogen-bond donors (Lipinski definition) is 1. The minimum Gasteiger partial charge on any atom is -0.507 e. The lowest BCUT2D eigenvalue weighted by molar-refractivity contribution is -0.140. The second-order valence-electron chi connectivity index (χ2n) is 9.36. The highest BCUT2D eigenvalue weighted by Gasteiger charge is 2.46. The quantitative estimate of drug-likeness (QED) is 0.295. The van der Waals surface area contributed by atoms with Crippen molar-refractivity contribution >= 4 is 38.8 Å². The fraction of sp³-hybridized carbons (Fsp3) is 0.462. The molecule has 5 rings (SSSR count). The summed E-state index contributed by atoms with van der Waals surface area (Å²) in [6.45, 7) is 5.44. The number of rotatable bonds is 8. The minimum atomic E-state index is -3.70. The van der Waals surface area contributed by atoms with E-state index in [4.69, 9.17) is 9.47 Å². The average Bonchev–Trinajstić information content (AvgIpc) is 3.57. The van der Waals surface area contributed by atoms with Gasteiger partial charge in [-0.1, -0.05) is 6.07 Å². The van der Waals surface area contributed by atoms with E-state index in [2.05, 4.69) is 4.90 Å². The number of aliphatic hydroxyl groups is 1. The van der Waals surface area contributed by atoms with Crippen LogP contribution in [0, 0.1) is 0 Å². The number of Topliss-reactive ketones (excluding diaryl/α,β-unsaturated/α-hetero) is 1. The van der Waals surface area contributed by atoms with E-state index in [1.807, 2.05) is 17.5 Å². The number of ketones is 1. The molecule has 3 aliphatic rings. The second-order valence-corrected chi connectivity index (χ2v) is 12.3. The first-order valence-corrected chi connectivity index (χ1v) is 15.0. The molecule has 0 saturated carbocycles. The molecule has 0 bridgehead atoms. The molecular formula is C26H31N3O7S2. The number of nitrogens with zero attached hydrogens (tertiary/aromatic N) is 3. The predicted octanol–water partition coefficient (Wildman–Crippen LogP) is 1.91. The first-order valence-electron chi connectivity index (χ1n) is 12.7. The van der Waals surface area contributed by atoms with Gasteiger partial charge in [0.25, 0.3) is 11.7 Å². The van der Waals surface area contributed by atoms with Gasteiger partial charge in [-0.2, -0.15) is 4.31 Å². The summed E-state index contributed by atoms with van der Waals surface area (Å²) in [5.41, 5.74) is 0.298. The highest BCUT2D eigenvalue weighted by molar-refractivity contribution is 7.89. The van der Waals surface area contributed by atoms with Crippen molar-refractivity contribution in [3.8, 4) is 0 Å². The summed E-state index contributed by atoms with van der Waals surface area (Å²) < 4.78 is 37.9. The number of carbonyl (C=O) groups excluding carboxylic acids is 2. The Morgan fingerprint density at radius 1 is 0.947 bits per heavy atom. The number of aliphatic hydroxyl groups excluding tert-OH is 1. The maximum Gasteiger partial charge on any atom is 0.295 e. The fourth-order valence-electron chi connectivity index (χ4n) is 5.02. The zero-order valence-corrected chi connectivity index (χ0v) is 22.6. The van der Waals surface area contributed by atoms with Gasteiger partial charge in [0.2, 0.25) is 10.0 Å². The maximum atomic E-state index is 13.2. The van der Waals surface area contributed by atoms with Gasteiger partial charge >= 0.3 is 0 Å². The minimum absolute atomic E-state index is 0.0209. The molecule has 0 aliphatic carbocycles. The van der Waals surface area contributed by atoms with Crippen LogP contribution < -0.4 is 0 Å². The topological polar surface area (TPSA) is 117 Å². The van der Waals surface area contributed by atoms with E-state index < -0.39 is 27.8 Å². The molecule has 3 fully saturated rings. The van der Waals surface area contributed by atoms with Crippen molar-refractivity contribution in [1.82, 2.24) is 14.1 Å². The molecule has 1 N–H and O–H groups in total. The van der Waals surface area contributed by atoms with Crippen LogP contribution in [0.25, 0.3) is 5.76 Å². The normalized spacial score (nSPS) is 23.3. The van der Waals surface area contributed by atoms with Crippen LogP contribution in [0.3, 0.4) is 0 Å². The van der Waals surface area contributed by atoms with Crippen LogP contribution in [0.2, 0.25) is 0 Å². The Balaban J connectivity index is 1.40. The Morgan fingerprint density at radius 3 is 2.24 bits per heavy atom. The summed E-state index contributed by atoms with van der Waals surface area (Å²) >= 11 is 1.41. The average molecular weight is 562 g/mol. The van der Waals surface area contributed by atoms with E-state index in [1.54, 1.807) is 0 Å². The summed E-state index contributed by atoms with van der Waals surface area (Å²) in [5, 5.41) is 13.1. The largest absolute Gasteiger partial charge is 0.507 e. The van der Waals surface area contributed by atoms with Gasteiger partial charge in [-0.15, -0.1) is 11.3 Å². The molecular weight excluding hydrogens is 530 g/mol. The van der Waals surface area contributed by atoms with Crippen LogP contribution in [-0.4, -0.2) is 105 Å². The van der Waals surface area contributed by atoms with Crippen molar-refractivity contribution in [3.63, 3.8) is 0 Å². The zero-order valence-electron chi connectivity index (χ0n) is 21.0. The number of amides is 1. The number of carbonyl (C=O) groups is 2. The van der Waals surface area contributed by atoms with Crippen LogP contribution in [-0.2, 0) is 29.1 Å². The number of benzene rings is 1. The summed E-state index contributed by atoms with van der Waals surface area (Å²) in [6.07, 6.45) is 0.684. The third-order valence-electron chi connectivity index (χ3n) is 7.07.